The number of rotatable bonds is 6. The van der Waals surface area contributed by atoms with Gasteiger partial charge in [0.1, 0.15) is 18.5 Å². The molecule has 130 valence electrons. The molecule has 1 aromatic carbocycles. The molecule has 0 aliphatic carbocycles. The van der Waals surface area contributed by atoms with Crippen LogP contribution in [-0.2, 0) is 0 Å². The largest absolute Gasteiger partial charge is 0.491 e. The molecule has 1 aliphatic heterocycles. The minimum atomic E-state index is -0.481. The SMILES string of the molecule is Cc1cccc(OC[C@H](O)CN2CCC[C@@H](c3cc(C)[nH]n3)C2)c1. The maximum Gasteiger partial charge on any atom is 0.119 e. The van der Waals surface area contributed by atoms with Crippen LogP contribution in [0.5, 0.6) is 5.75 Å². The first-order chi connectivity index (χ1) is 11.6. The number of piperidine rings is 1. The molecule has 0 bridgehead atoms. The lowest BCUT2D eigenvalue weighted by Gasteiger charge is -2.33. The van der Waals surface area contributed by atoms with Crippen LogP contribution in [0.2, 0.25) is 0 Å². The highest BCUT2D eigenvalue weighted by atomic mass is 16.5. The van der Waals surface area contributed by atoms with Gasteiger partial charge in [-0.3, -0.25) is 10.00 Å². The average Bonchev–Trinajstić information content (AvgIpc) is 3.00. The van der Waals surface area contributed by atoms with Gasteiger partial charge in [-0.2, -0.15) is 5.10 Å². The van der Waals surface area contributed by atoms with Gasteiger partial charge in [-0.05, 0) is 57.0 Å². The molecule has 5 heteroatoms. The van der Waals surface area contributed by atoms with Crippen LogP contribution < -0.4 is 4.74 Å². The van der Waals surface area contributed by atoms with Crippen LogP contribution in [0.25, 0.3) is 0 Å². The summed E-state index contributed by atoms with van der Waals surface area (Å²) < 4.78 is 5.71. The van der Waals surface area contributed by atoms with Crippen LogP contribution in [0.15, 0.2) is 30.3 Å². The first kappa shape index (κ1) is 17.0. The van der Waals surface area contributed by atoms with Crippen molar-refractivity contribution in [3.63, 3.8) is 0 Å². The topological polar surface area (TPSA) is 61.4 Å². The summed E-state index contributed by atoms with van der Waals surface area (Å²) in [7, 11) is 0. The number of β-amino-alcohol motifs (C(OH)–C–C–N with tert-alkyl or cyclic N) is 1. The Bertz CT molecular complexity index is 656. The number of H-pyrrole nitrogens is 1. The fourth-order valence-corrected chi connectivity index (χ4v) is 3.36. The third-order valence-corrected chi connectivity index (χ3v) is 4.55. The van der Waals surface area contributed by atoms with Gasteiger partial charge in [0, 0.05) is 24.7 Å². The van der Waals surface area contributed by atoms with E-state index in [0.717, 1.165) is 48.6 Å². The Hall–Kier alpha value is -1.85. The van der Waals surface area contributed by atoms with Gasteiger partial charge in [0.25, 0.3) is 0 Å². The van der Waals surface area contributed by atoms with E-state index in [1.54, 1.807) is 0 Å². The van der Waals surface area contributed by atoms with E-state index in [2.05, 4.69) is 21.2 Å². The van der Waals surface area contributed by atoms with E-state index in [0.29, 0.717) is 19.1 Å². The average molecular weight is 329 g/mol. The molecular weight excluding hydrogens is 302 g/mol. The van der Waals surface area contributed by atoms with Gasteiger partial charge in [-0.15, -0.1) is 0 Å². The van der Waals surface area contributed by atoms with Gasteiger partial charge in [-0.1, -0.05) is 12.1 Å². The van der Waals surface area contributed by atoms with Crippen molar-refractivity contribution in [2.45, 2.75) is 38.7 Å². The van der Waals surface area contributed by atoms with Crippen molar-refractivity contribution in [2.24, 2.45) is 0 Å². The number of hydrogen-bond donors (Lipinski definition) is 2. The van der Waals surface area contributed by atoms with Crippen LogP contribution >= 0.6 is 0 Å². The number of ether oxygens (including phenoxy) is 1. The van der Waals surface area contributed by atoms with Crippen LogP contribution in [0.1, 0.15) is 35.7 Å². The van der Waals surface area contributed by atoms with E-state index < -0.39 is 6.10 Å². The molecule has 0 spiro atoms. The van der Waals surface area contributed by atoms with Gasteiger partial charge in [0.2, 0.25) is 0 Å². The highest BCUT2D eigenvalue weighted by molar-refractivity contribution is 5.27. The maximum absolute atomic E-state index is 10.3. The molecule has 24 heavy (non-hydrogen) atoms. The van der Waals surface area contributed by atoms with Gasteiger partial charge >= 0.3 is 0 Å². The van der Waals surface area contributed by atoms with E-state index in [4.69, 9.17) is 4.74 Å². The number of aromatic amines is 1. The number of hydrogen-bond acceptors (Lipinski definition) is 4. The predicted octanol–water partition coefficient (Wildman–Crippen LogP) is 2.65. The van der Waals surface area contributed by atoms with Crippen LogP contribution in [0.4, 0.5) is 0 Å². The second kappa shape index (κ2) is 7.81. The summed E-state index contributed by atoms with van der Waals surface area (Å²) in [6, 6.07) is 10.1. The number of aliphatic hydroxyl groups is 1. The number of nitrogens with one attached hydrogen (secondary N) is 1. The first-order valence-corrected chi connectivity index (χ1v) is 8.72. The van der Waals surface area contributed by atoms with E-state index >= 15 is 0 Å². The zero-order valence-electron chi connectivity index (χ0n) is 14.5. The fourth-order valence-electron chi connectivity index (χ4n) is 3.36. The molecule has 2 atom stereocenters. The molecule has 1 aromatic heterocycles. The Balaban J connectivity index is 1.48. The molecular formula is C19H27N3O2. The number of nitrogens with zero attached hydrogens (tertiary/aromatic N) is 2. The Labute approximate surface area is 143 Å². The summed E-state index contributed by atoms with van der Waals surface area (Å²) in [6.45, 7) is 7.02. The second-order valence-electron chi connectivity index (χ2n) is 6.86. The summed E-state index contributed by atoms with van der Waals surface area (Å²) in [5.41, 5.74) is 3.41. The Morgan fingerprint density at radius 3 is 3.00 bits per heavy atom. The lowest BCUT2D eigenvalue weighted by atomic mass is 9.94. The zero-order valence-corrected chi connectivity index (χ0v) is 14.5. The molecule has 0 saturated carbocycles. The van der Waals surface area contributed by atoms with Gasteiger partial charge < -0.3 is 9.84 Å². The molecule has 5 nitrogen and oxygen atoms in total. The standard InChI is InChI=1S/C19H27N3O2/c1-14-5-3-7-18(9-14)24-13-17(23)12-22-8-4-6-16(11-22)19-10-15(2)20-21-19/h3,5,7,9-10,16-17,23H,4,6,8,11-13H2,1-2H3,(H,20,21)/t16-,17-/m1/s1. The van der Waals surface area contributed by atoms with Crippen molar-refractivity contribution in [3.05, 3.63) is 47.3 Å². The normalized spacial score (nSPS) is 20.0. The fraction of sp³-hybridized carbons (Fsp3) is 0.526. The number of aryl methyl sites for hydroxylation is 2. The molecule has 0 amide bonds. The number of benzene rings is 1. The maximum atomic E-state index is 10.3. The Morgan fingerprint density at radius 1 is 1.38 bits per heavy atom. The van der Waals surface area contributed by atoms with Gasteiger partial charge in [0.15, 0.2) is 0 Å². The van der Waals surface area contributed by atoms with E-state index in [1.807, 2.05) is 38.1 Å². The van der Waals surface area contributed by atoms with Crippen molar-refractivity contribution in [1.82, 2.24) is 15.1 Å². The van der Waals surface area contributed by atoms with Crippen molar-refractivity contribution in [2.75, 3.05) is 26.2 Å². The molecule has 2 heterocycles. The van der Waals surface area contributed by atoms with Gasteiger partial charge in [0.05, 0.1) is 5.69 Å². The highest BCUT2D eigenvalue weighted by Crippen LogP contribution is 2.26. The van der Waals surface area contributed by atoms with Gasteiger partial charge in [-0.25, -0.2) is 0 Å². The minimum absolute atomic E-state index is 0.326. The lowest BCUT2D eigenvalue weighted by molar-refractivity contribution is 0.0580. The summed E-state index contributed by atoms with van der Waals surface area (Å²) in [4.78, 5) is 2.32. The smallest absolute Gasteiger partial charge is 0.119 e. The molecule has 1 saturated heterocycles. The summed E-state index contributed by atoms with van der Waals surface area (Å²) in [5, 5.41) is 17.7. The quantitative estimate of drug-likeness (QED) is 0.855. The third-order valence-electron chi connectivity index (χ3n) is 4.55. The van der Waals surface area contributed by atoms with Crippen molar-refractivity contribution in [1.29, 1.82) is 0 Å². The second-order valence-corrected chi connectivity index (χ2v) is 6.86. The molecule has 1 fully saturated rings. The summed E-state index contributed by atoms with van der Waals surface area (Å²) in [6.07, 6.45) is 1.82. The number of aromatic nitrogens is 2. The molecule has 0 radical (unpaired) electrons. The van der Waals surface area contributed by atoms with E-state index in [-0.39, 0.29) is 0 Å². The number of likely N-dealkylation sites (tertiary alicyclic amines) is 1. The molecule has 2 N–H and O–H groups in total. The predicted molar refractivity (Wildman–Crippen MR) is 94.4 cm³/mol. The molecule has 2 aromatic rings. The summed E-state index contributed by atoms with van der Waals surface area (Å²) in [5.74, 6) is 1.27. The van der Waals surface area contributed by atoms with Crippen molar-refractivity contribution < 1.29 is 9.84 Å². The first-order valence-electron chi connectivity index (χ1n) is 8.72. The lowest BCUT2D eigenvalue weighted by Crippen LogP contribution is -2.41. The van der Waals surface area contributed by atoms with E-state index in [9.17, 15) is 5.11 Å². The van der Waals surface area contributed by atoms with E-state index in [1.165, 1.54) is 0 Å². The molecule has 1 aliphatic rings. The molecule has 0 unspecified atom stereocenters. The summed E-state index contributed by atoms with van der Waals surface area (Å²) >= 11 is 0. The highest BCUT2D eigenvalue weighted by Gasteiger charge is 2.24. The third kappa shape index (κ3) is 4.58. The Kier molecular flexibility index (Phi) is 5.53. The number of aliphatic hydroxyl groups excluding tert-OH is 1. The minimum Gasteiger partial charge on any atom is -0.491 e. The molecule has 3 rings (SSSR count). The van der Waals surface area contributed by atoms with Crippen molar-refractivity contribution >= 4 is 0 Å². The zero-order chi connectivity index (χ0) is 16.9. The van der Waals surface area contributed by atoms with Crippen LogP contribution in [0, 0.1) is 13.8 Å². The van der Waals surface area contributed by atoms with Crippen LogP contribution in [-0.4, -0.2) is 52.5 Å². The van der Waals surface area contributed by atoms with Crippen LogP contribution in [0.3, 0.4) is 0 Å². The monoisotopic (exact) mass is 329 g/mol. The van der Waals surface area contributed by atoms with Crippen molar-refractivity contribution in [3.8, 4) is 5.75 Å². The Morgan fingerprint density at radius 2 is 2.25 bits per heavy atom.